The molecule has 0 aromatic carbocycles. The molecule has 2 aliphatic rings. The van der Waals surface area contributed by atoms with Crippen molar-refractivity contribution in [1.82, 2.24) is 10.2 Å². The molecule has 0 bridgehead atoms. The minimum absolute atomic E-state index is 0.0718. The number of aliphatic hydroxyl groups is 1. The average Bonchev–Trinajstić information content (AvgIpc) is 2.59. The molecule has 0 amide bonds. The van der Waals surface area contributed by atoms with Crippen molar-refractivity contribution in [3.63, 3.8) is 0 Å². The molecule has 0 aromatic heterocycles. The van der Waals surface area contributed by atoms with E-state index in [0.717, 1.165) is 32.7 Å². The molecule has 0 aromatic rings. The first-order valence-corrected chi connectivity index (χ1v) is 6.03. The summed E-state index contributed by atoms with van der Waals surface area (Å²) in [6.45, 7) is 12.0. The molecule has 0 aliphatic carbocycles. The summed E-state index contributed by atoms with van der Waals surface area (Å²) in [5, 5.41) is 13.4. The van der Waals surface area contributed by atoms with Crippen LogP contribution in [0.4, 0.5) is 0 Å². The van der Waals surface area contributed by atoms with Gasteiger partial charge < -0.3 is 10.4 Å². The van der Waals surface area contributed by atoms with Crippen LogP contribution in [0.1, 0.15) is 27.2 Å². The van der Waals surface area contributed by atoms with Crippen molar-refractivity contribution in [2.24, 2.45) is 10.8 Å². The summed E-state index contributed by atoms with van der Waals surface area (Å²) in [5.41, 5.74) is 0.489. The summed E-state index contributed by atoms with van der Waals surface area (Å²) < 4.78 is 0. The van der Waals surface area contributed by atoms with Gasteiger partial charge in [-0.05, 0) is 18.4 Å². The fourth-order valence-electron chi connectivity index (χ4n) is 2.90. The van der Waals surface area contributed by atoms with E-state index in [9.17, 15) is 5.11 Å². The van der Waals surface area contributed by atoms with Crippen LogP contribution in [0.5, 0.6) is 0 Å². The Morgan fingerprint density at radius 1 is 1.40 bits per heavy atom. The van der Waals surface area contributed by atoms with Crippen LogP contribution in [0.15, 0.2) is 0 Å². The number of nitrogens with zero attached hydrogens (tertiary/aromatic N) is 1. The number of hydrogen-bond acceptors (Lipinski definition) is 3. The maximum atomic E-state index is 9.93. The van der Waals surface area contributed by atoms with E-state index >= 15 is 0 Å². The van der Waals surface area contributed by atoms with Crippen LogP contribution in [0, 0.1) is 10.8 Å². The quantitative estimate of drug-likeness (QED) is 0.707. The Morgan fingerprint density at radius 3 is 2.60 bits per heavy atom. The van der Waals surface area contributed by atoms with E-state index in [0.29, 0.717) is 5.41 Å². The first kappa shape index (κ1) is 11.4. The summed E-state index contributed by atoms with van der Waals surface area (Å²) in [6, 6.07) is 0. The van der Waals surface area contributed by atoms with Gasteiger partial charge >= 0.3 is 0 Å². The first-order valence-electron chi connectivity index (χ1n) is 6.03. The molecule has 2 N–H and O–H groups in total. The van der Waals surface area contributed by atoms with E-state index in [4.69, 9.17) is 0 Å². The molecule has 0 saturated carbocycles. The molecule has 0 radical (unpaired) electrons. The average molecular weight is 212 g/mol. The number of hydrogen-bond donors (Lipinski definition) is 2. The number of likely N-dealkylation sites (tertiary alicyclic amines) is 1. The molecule has 15 heavy (non-hydrogen) atoms. The summed E-state index contributed by atoms with van der Waals surface area (Å²) >= 11 is 0. The molecule has 2 saturated heterocycles. The van der Waals surface area contributed by atoms with Gasteiger partial charge in [-0.1, -0.05) is 20.8 Å². The van der Waals surface area contributed by atoms with Crippen molar-refractivity contribution in [1.29, 1.82) is 0 Å². The van der Waals surface area contributed by atoms with Crippen molar-refractivity contribution in [2.45, 2.75) is 33.3 Å². The Hall–Kier alpha value is -0.120. The largest absolute Gasteiger partial charge is 0.391 e. The van der Waals surface area contributed by atoms with E-state index in [1.165, 1.54) is 6.42 Å². The predicted octanol–water partition coefficient (Wildman–Crippen LogP) is 0.689. The lowest BCUT2D eigenvalue weighted by molar-refractivity contribution is 0.0950. The van der Waals surface area contributed by atoms with Crippen LogP contribution in [0.25, 0.3) is 0 Å². The van der Waals surface area contributed by atoms with Crippen LogP contribution < -0.4 is 5.32 Å². The minimum atomic E-state index is -0.157. The highest BCUT2D eigenvalue weighted by Gasteiger charge is 2.41. The van der Waals surface area contributed by atoms with Crippen LogP contribution in [0.2, 0.25) is 0 Å². The molecular formula is C12H24N2O. The lowest BCUT2D eigenvalue weighted by Gasteiger charge is -2.29. The van der Waals surface area contributed by atoms with Gasteiger partial charge in [0, 0.05) is 31.6 Å². The Labute approximate surface area is 92.8 Å². The van der Waals surface area contributed by atoms with Crippen LogP contribution in [-0.4, -0.2) is 48.8 Å². The second-order valence-electron chi connectivity index (χ2n) is 6.41. The summed E-state index contributed by atoms with van der Waals surface area (Å²) in [5.74, 6) is 0. The summed E-state index contributed by atoms with van der Waals surface area (Å²) in [7, 11) is 0. The fourth-order valence-corrected chi connectivity index (χ4v) is 2.90. The third-order valence-electron chi connectivity index (χ3n) is 4.03. The van der Waals surface area contributed by atoms with E-state index in [1.54, 1.807) is 0 Å². The van der Waals surface area contributed by atoms with Crippen LogP contribution >= 0.6 is 0 Å². The van der Waals surface area contributed by atoms with Crippen molar-refractivity contribution in [2.75, 3.05) is 32.7 Å². The molecule has 2 unspecified atom stereocenters. The highest BCUT2D eigenvalue weighted by molar-refractivity contribution is 4.94. The van der Waals surface area contributed by atoms with E-state index in [-0.39, 0.29) is 11.5 Å². The maximum absolute atomic E-state index is 9.93. The topological polar surface area (TPSA) is 35.5 Å². The van der Waals surface area contributed by atoms with Gasteiger partial charge in [-0.3, -0.25) is 4.90 Å². The minimum Gasteiger partial charge on any atom is -0.391 e. The molecule has 0 spiro atoms. The fraction of sp³-hybridized carbons (Fsp3) is 1.00. The van der Waals surface area contributed by atoms with Gasteiger partial charge in [0.2, 0.25) is 0 Å². The van der Waals surface area contributed by atoms with Gasteiger partial charge in [-0.25, -0.2) is 0 Å². The molecule has 3 nitrogen and oxygen atoms in total. The molecular weight excluding hydrogens is 188 g/mol. The zero-order valence-electron chi connectivity index (χ0n) is 10.2. The summed E-state index contributed by atoms with van der Waals surface area (Å²) in [4.78, 5) is 2.43. The van der Waals surface area contributed by atoms with Crippen LogP contribution in [-0.2, 0) is 0 Å². The number of nitrogens with one attached hydrogen (secondary N) is 1. The predicted molar refractivity (Wildman–Crippen MR) is 61.8 cm³/mol. The van der Waals surface area contributed by atoms with E-state index in [2.05, 4.69) is 31.0 Å². The lowest BCUT2D eigenvalue weighted by Crippen LogP contribution is -2.36. The third-order valence-corrected chi connectivity index (χ3v) is 4.03. The zero-order chi connectivity index (χ0) is 11.1. The third kappa shape index (κ3) is 2.35. The summed E-state index contributed by atoms with van der Waals surface area (Å²) in [6.07, 6.45) is 1.11. The smallest absolute Gasteiger partial charge is 0.0730 e. The number of β-amino-alcohol motifs (C(OH)–C–C–N with tert-alkyl or cyclic N) is 1. The monoisotopic (exact) mass is 212 g/mol. The molecule has 2 rings (SSSR count). The van der Waals surface area contributed by atoms with E-state index in [1.807, 2.05) is 0 Å². The van der Waals surface area contributed by atoms with Gasteiger partial charge in [0.25, 0.3) is 0 Å². The Morgan fingerprint density at radius 2 is 2.13 bits per heavy atom. The highest BCUT2D eigenvalue weighted by atomic mass is 16.3. The number of rotatable bonds is 2. The normalized spacial score (nSPS) is 41.2. The lowest BCUT2D eigenvalue weighted by atomic mass is 9.88. The van der Waals surface area contributed by atoms with Crippen molar-refractivity contribution >= 4 is 0 Å². The van der Waals surface area contributed by atoms with E-state index < -0.39 is 0 Å². The van der Waals surface area contributed by atoms with Crippen LogP contribution in [0.3, 0.4) is 0 Å². The van der Waals surface area contributed by atoms with Crippen molar-refractivity contribution < 1.29 is 5.11 Å². The second-order valence-corrected chi connectivity index (χ2v) is 6.41. The molecule has 3 heteroatoms. The standard InChI is InChI=1S/C12H24N2O/c1-11(2)8-14(6-10(11)15)9-12(3)4-5-13-7-12/h10,13,15H,4-9H2,1-3H3. The molecule has 2 fully saturated rings. The van der Waals surface area contributed by atoms with Crippen molar-refractivity contribution in [3.8, 4) is 0 Å². The highest BCUT2D eigenvalue weighted by Crippen LogP contribution is 2.33. The van der Waals surface area contributed by atoms with Gasteiger partial charge in [0.15, 0.2) is 0 Å². The molecule has 2 atom stereocenters. The van der Waals surface area contributed by atoms with Crippen molar-refractivity contribution in [3.05, 3.63) is 0 Å². The van der Waals surface area contributed by atoms with Gasteiger partial charge in [-0.2, -0.15) is 0 Å². The zero-order valence-corrected chi connectivity index (χ0v) is 10.2. The Balaban J connectivity index is 1.92. The van der Waals surface area contributed by atoms with Gasteiger partial charge in [0.1, 0.15) is 0 Å². The molecule has 2 heterocycles. The Bertz CT molecular complexity index is 234. The molecule has 2 aliphatic heterocycles. The second kappa shape index (κ2) is 3.72. The van der Waals surface area contributed by atoms with Gasteiger partial charge in [0.05, 0.1) is 6.10 Å². The molecule has 88 valence electrons. The SMILES string of the molecule is CC1(CN2CC(O)C(C)(C)C2)CCNC1. The van der Waals surface area contributed by atoms with Gasteiger partial charge in [-0.15, -0.1) is 0 Å². The first-order chi connectivity index (χ1) is 6.91. The Kier molecular flexibility index (Phi) is 2.82. The number of aliphatic hydroxyl groups excluding tert-OH is 1. The maximum Gasteiger partial charge on any atom is 0.0730 e.